The number of aromatic nitrogens is 2. The number of hydrogen-bond donors (Lipinski definition) is 2. The monoisotopic (exact) mass is 279 g/mol. The minimum atomic E-state index is -0.263. The molecule has 6 heteroatoms. The number of carbonyl (C=O) groups is 1. The maximum atomic E-state index is 11.3. The van der Waals surface area contributed by atoms with Crippen LogP contribution in [0, 0.1) is 0 Å². The number of hydrogen-bond acceptors (Lipinski definition) is 4. The highest BCUT2D eigenvalue weighted by Crippen LogP contribution is 2.16. The van der Waals surface area contributed by atoms with Gasteiger partial charge in [-0.05, 0) is 38.4 Å². The number of piperidine rings is 1. The predicted octanol–water partition coefficient (Wildman–Crippen LogP) is 0.0218. The van der Waals surface area contributed by atoms with E-state index < -0.39 is 0 Å². The summed E-state index contributed by atoms with van der Waals surface area (Å²) in [5.41, 5.74) is 7.63. The van der Waals surface area contributed by atoms with Crippen LogP contribution in [-0.2, 0) is 24.8 Å². The summed E-state index contributed by atoms with van der Waals surface area (Å²) in [5.74, 6) is -0.263. The van der Waals surface area contributed by atoms with Gasteiger partial charge in [-0.2, -0.15) is 5.10 Å². The molecule has 112 valence electrons. The van der Waals surface area contributed by atoms with E-state index in [1.807, 2.05) is 11.7 Å². The molecule has 1 aromatic heterocycles. The number of amides is 1. The Morgan fingerprint density at radius 2 is 2.25 bits per heavy atom. The highest BCUT2D eigenvalue weighted by atomic mass is 16.1. The maximum absolute atomic E-state index is 11.3. The maximum Gasteiger partial charge on any atom is 0.231 e. The molecule has 1 aliphatic rings. The molecule has 2 heterocycles. The van der Waals surface area contributed by atoms with Crippen molar-refractivity contribution in [2.45, 2.75) is 38.8 Å². The van der Waals surface area contributed by atoms with Gasteiger partial charge in [-0.15, -0.1) is 0 Å². The summed E-state index contributed by atoms with van der Waals surface area (Å²) >= 11 is 0. The average Bonchev–Trinajstić information content (AvgIpc) is 2.79. The third-order valence-electron chi connectivity index (χ3n) is 3.94. The summed E-state index contributed by atoms with van der Waals surface area (Å²) in [7, 11) is 1.96. The van der Waals surface area contributed by atoms with Crippen LogP contribution in [0.4, 0.5) is 0 Å². The number of aryl methyl sites for hydroxylation is 2. The van der Waals surface area contributed by atoms with E-state index in [-0.39, 0.29) is 5.91 Å². The van der Waals surface area contributed by atoms with Crippen molar-refractivity contribution in [2.24, 2.45) is 12.8 Å². The Hall–Kier alpha value is -1.40. The largest absolute Gasteiger partial charge is 0.369 e. The lowest BCUT2D eigenvalue weighted by molar-refractivity contribution is -0.120. The fourth-order valence-electron chi connectivity index (χ4n) is 2.79. The van der Waals surface area contributed by atoms with Crippen LogP contribution in [-0.4, -0.2) is 46.3 Å². The van der Waals surface area contributed by atoms with E-state index in [1.165, 1.54) is 0 Å². The number of nitrogens with one attached hydrogen (secondary N) is 1. The lowest BCUT2D eigenvalue weighted by Gasteiger charge is -2.33. The first-order valence-electron chi connectivity index (χ1n) is 7.35. The fraction of sp³-hybridized carbons (Fsp3) is 0.714. The lowest BCUT2D eigenvalue weighted by atomic mass is 10.0. The van der Waals surface area contributed by atoms with Crippen LogP contribution in [0.3, 0.4) is 0 Å². The molecule has 1 saturated heterocycles. The van der Waals surface area contributed by atoms with Crippen LogP contribution in [0.5, 0.6) is 0 Å². The molecule has 0 bridgehead atoms. The van der Waals surface area contributed by atoms with E-state index in [2.05, 4.69) is 28.3 Å². The van der Waals surface area contributed by atoms with Gasteiger partial charge >= 0.3 is 0 Å². The number of primary amides is 1. The summed E-state index contributed by atoms with van der Waals surface area (Å²) in [6.45, 7) is 5.16. The highest BCUT2D eigenvalue weighted by Gasteiger charge is 2.23. The van der Waals surface area contributed by atoms with Crippen LogP contribution < -0.4 is 11.1 Å². The molecular weight excluding hydrogens is 254 g/mol. The number of carbonyl (C=O) groups excluding carboxylic acids is 1. The van der Waals surface area contributed by atoms with Crippen LogP contribution in [0.2, 0.25) is 0 Å². The van der Waals surface area contributed by atoms with Crippen molar-refractivity contribution >= 4 is 5.91 Å². The third kappa shape index (κ3) is 3.80. The molecule has 0 aromatic carbocycles. The Morgan fingerprint density at radius 1 is 1.55 bits per heavy atom. The zero-order valence-corrected chi connectivity index (χ0v) is 12.4. The molecule has 2 rings (SSSR count). The smallest absolute Gasteiger partial charge is 0.231 e. The zero-order chi connectivity index (χ0) is 14.5. The van der Waals surface area contributed by atoms with Gasteiger partial charge in [0.25, 0.3) is 0 Å². The molecule has 0 spiro atoms. The molecule has 0 aliphatic carbocycles. The van der Waals surface area contributed by atoms with Crippen molar-refractivity contribution in [3.05, 3.63) is 17.5 Å². The van der Waals surface area contributed by atoms with Crippen LogP contribution in [0.25, 0.3) is 0 Å². The average molecular weight is 279 g/mol. The van der Waals surface area contributed by atoms with E-state index in [1.54, 1.807) is 0 Å². The molecule has 20 heavy (non-hydrogen) atoms. The van der Waals surface area contributed by atoms with Crippen molar-refractivity contribution in [1.82, 2.24) is 20.0 Å². The first kappa shape index (κ1) is 15.0. The van der Waals surface area contributed by atoms with E-state index in [0.29, 0.717) is 12.6 Å². The second-order valence-electron chi connectivity index (χ2n) is 5.46. The van der Waals surface area contributed by atoms with Gasteiger partial charge < -0.3 is 11.1 Å². The first-order valence-corrected chi connectivity index (χ1v) is 7.35. The lowest BCUT2D eigenvalue weighted by Crippen LogP contribution is -2.46. The van der Waals surface area contributed by atoms with Crippen LogP contribution in [0.15, 0.2) is 6.07 Å². The number of nitrogens with zero attached hydrogens (tertiary/aromatic N) is 3. The Balaban J connectivity index is 2.09. The third-order valence-corrected chi connectivity index (χ3v) is 3.94. The van der Waals surface area contributed by atoms with Gasteiger partial charge in [0.15, 0.2) is 0 Å². The summed E-state index contributed by atoms with van der Waals surface area (Å²) in [6.07, 6.45) is 3.05. The molecule has 1 aliphatic heterocycles. The highest BCUT2D eigenvalue weighted by molar-refractivity contribution is 5.75. The Kier molecular flexibility index (Phi) is 5.14. The zero-order valence-electron chi connectivity index (χ0n) is 12.4. The Labute approximate surface area is 120 Å². The summed E-state index contributed by atoms with van der Waals surface area (Å²) in [5, 5.41) is 7.82. The Morgan fingerprint density at radius 3 is 2.80 bits per heavy atom. The SMILES string of the molecule is CCc1cc(CN(CC(N)=O)C2CCNCC2)n(C)n1. The molecule has 1 amide bonds. The van der Waals surface area contributed by atoms with Gasteiger partial charge in [-0.1, -0.05) is 6.92 Å². The molecule has 1 fully saturated rings. The van der Waals surface area contributed by atoms with Gasteiger partial charge in [0, 0.05) is 19.6 Å². The Bertz CT molecular complexity index is 450. The van der Waals surface area contributed by atoms with E-state index in [4.69, 9.17) is 5.73 Å². The summed E-state index contributed by atoms with van der Waals surface area (Å²) < 4.78 is 1.91. The molecule has 0 atom stereocenters. The molecule has 3 N–H and O–H groups in total. The minimum absolute atomic E-state index is 0.263. The van der Waals surface area contributed by atoms with E-state index in [0.717, 1.165) is 50.3 Å². The molecule has 0 radical (unpaired) electrons. The van der Waals surface area contributed by atoms with Crippen molar-refractivity contribution in [3.63, 3.8) is 0 Å². The molecule has 0 unspecified atom stereocenters. The minimum Gasteiger partial charge on any atom is -0.369 e. The number of nitrogens with two attached hydrogens (primary N) is 1. The van der Waals surface area contributed by atoms with Gasteiger partial charge in [-0.25, -0.2) is 0 Å². The molecule has 1 aromatic rings. The van der Waals surface area contributed by atoms with Crippen molar-refractivity contribution < 1.29 is 4.79 Å². The second-order valence-corrected chi connectivity index (χ2v) is 5.46. The van der Waals surface area contributed by atoms with E-state index in [9.17, 15) is 4.79 Å². The van der Waals surface area contributed by atoms with Crippen LogP contribution in [0.1, 0.15) is 31.2 Å². The van der Waals surface area contributed by atoms with Gasteiger partial charge in [0.05, 0.1) is 17.9 Å². The normalized spacial score (nSPS) is 16.8. The standard InChI is InChI=1S/C14H25N5O/c1-3-11-8-13(18(2)17-11)9-19(10-14(15)20)12-4-6-16-7-5-12/h8,12,16H,3-7,9-10H2,1-2H3,(H2,15,20). The van der Waals surface area contributed by atoms with Gasteiger partial charge in [0.2, 0.25) is 5.91 Å². The molecule has 6 nitrogen and oxygen atoms in total. The first-order chi connectivity index (χ1) is 9.60. The van der Waals surface area contributed by atoms with Crippen LogP contribution >= 0.6 is 0 Å². The van der Waals surface area contributed by atoms with Crippen molar-refractivity contribution in [2.75, 3.05) is 19.6 Å². The van der Waals surface area contributed by atoms with Crippen molar-refractivity contribution in [1.29, 1.82) is 0 Å². The second kappa shape index (κ2) is 6.85. The fourth-order valence-corrected chi connectivity index (χ4v) is 2.79. The van der Waals surface area contributed by atoms with E-state index >= 15 is 0 Å². The predicted molar refractivity (Wildman–Crippen MR) is 78.1 cm³/mol. The topological polar surface area (TPSA) is 76.2 Å². The van der Waals surface area contributed by atoms with Gasteiger partial charge in [0.1, 0.15) is 0 Å². The van der Waals surface area contributed by atoms with Gasteiger partial charge in [-0.3, -0.25) is 14.4 Å². The summed E-state index contributed by atoms with van der Waals surface area (Å²) in [6, 6.07) is 2.54. The summed E-state index contributed by atoms with van der Waals surface area (Å²) in [4.78, 5) is 13.5. The van der Waals surface area contributed by atoms with Crippen molar-refractivity contribution in [3.8, 4) is 0 Å². The quantitative estimate of drug-likeness (QED) is 0.770. The molecular formula is C14H25N5O. The molecule has 0 saturated carbocycles. The number of rotatable bonds is 6.